The summed E-state index contributed by atoms with van der Waals surface area (Å²) in [5.41, 5.74) is 5.57. The standard InChI is InChI=1S/C16H28N2O3/c1-16(2,15(20)21-3)9-18-14(19)12-7-10-5-4-6-11(8-12)13(10)17/h10-13H,4-9,17H2,1-3H3,(H,18,19). The first-order valence-electron chi connectivity index (χ1n) is 7.97. The normalized spacial score (nSPS) is 32.4. The van der Waals surface area contributed by atoms with Crippen molar-refractivity contribution in [1.82, 2.24) is 5.32 Å². The molecule has 1 amide bonds. The van der Waals surface area contributed by atoms with E-state index in [2.05, 4.69) is 5.32 Å². The molecule has 5 nitrogen and oxygen atoms in total. The number of hydrogen-bond donors (Lipinski definition) is 2. The maximum absolute atomic E-state index is 12.4. The first kappa shape index (κ1) is 16.3. The summed E-state index contributed by atoms with van der Waals surface area (Å²) in [4.78, 5) is 24.0. The molecule has 2 bridgehead atoms. The number of ether oxygens (including phenoxy) is 1. The molecule has 0 aliphatic heterocycles. The highest BCUT2D eigenvalue weighted by Gasteiger charge is 2.41. The summed E-state index contributed by atoms with van der Waals surface area (Å²) in [6.45, 7) is 3.88. The van der Waals surface area contributed by atoms with Crippen LogP contribution in [0.25, 0.3) is 0 Å². The minimum absolute atomic E-state index is 0.0496. The van der Waals surface area contributed by atoms with Crippen molar-refractivity contribution < 1.29 is 14.3 Å². The number of rotatable bonds is 4. The fourth-order valence-corrected chi connectivity index (χ4v) is 3.80. The van der Waals surface area contributed by atoms with Gasteiger partial charge >= 0.3 is 5.97 Å². The molecule has 0 aromatic carbocycles. The second-order valence-electron chi connectivity index (χ2n) is 7.29. The van der Waals surface area contributed by atoms with E-state index in [1.165, 1.54) is 13.5 Å². The molecule has 0 aromatic rings. The van der Waals surface area contributed by atoms with Crippen LogP contribution >= 0.6 is 0 Å². The van der Waals surface area contributed by atoms with E-state index >= 15 is 0 Å². The van der Waals surface area contributed by atoms with Crippen LogP contribution in [-0.4, -0.2) is 31.6 Å². The Bertz CT molecular complexity index is 394. The van der Waals surface area contributed by atoms with Gasteiger partial charge in [0.1, 0.15) is 0 Å². The lowest BCUT2D eigenvalue weighted by molar-refractivity contribution is -0.150. The van der Waals surface area contributed by atoms with Crippen LogP contribution in [0.4, 0.5) is 0 Å². The molecule has 0 heterocycles. The first-order chi connectivity index (χ1) is 9.85. The number of amides is 1. The van der Waals surface area contributed by atoms with Gasteiger partial charge in [-0.15, -0.1) is 0 Å². The van der Waals surface area contributed by atoms with Crippen LogP contribution in [0.2, 0.25) is 0 Å². The fourth-order valence-electron chi connectivity index (χ4n) is 3.80. The van der Waals surface area contributed by atoms with E-state index in [4.69, 9.17) is 10.5 Å². The van der Waals surface area contributed by atoms with Crippen LogP contribution in [0.15, 0.2) is 0 Å². The van der Waals surface area contributed by atoms with Gasteiger partial charge in [-0.05, 0) is 51.4 Å². The molecule has 0 aromatic heterocycles. The Hall–Kier alpha value is -1.10. The third kappa shape index (κ3) is 3.57. The molecule has 0 saturated heterocycles. The highest BCUT2D eigenvalue weighted by atomic mass is 16.5. The fraction of sp³-hybridized carbons (Fsp3) is 0.875. The Morgan fingerprint density at radius 3 is 2.33 bits per heavy atom. The summed E-state index contributed by atoms with van der Waals surface area (Å²) < 4.78 is 4.76. The SMILES string of the molecule is COC(=O)C(C)(C)CNC(=O)C1CC2CCCC(C1)C2N. The maximum atomic E-state index is 12.4. The second kappa shape index (κ2) is 6.34. The second-order valence-corrected chi connectivity index (χ2v) is 7.29. The molecule has 2 aliphatic carbocycles. The van der Waals surface area contributed by atoms with Gasteiger partial charge in [0.2, 0.25) is 5.91 Å². The Kier molecular flexibility index (Phi) is 4.91. The Labute approximate surface area is 127 Å². The van der Waals surface area contributed by atoms with Crippen molar-refractivity contribution in [2.45, 2.75) is 52.0 Å². The molecule has 21 heavy (non-hydrogen) atoms. The van der Waals surface area contributed by atoms with E-state index in [1.807, 2.05) is 0 Å². The van der Waals surface area contributed by atoms with E-state index in [-0.39, 0.29) is 23.8 Å². The zero-order valence-electron chi connectivity index (χ0n) is 13.4. The Morgan fingerprint density at radius 2 is 1.81 bits per heavy atom. The third-order valence-electron chi connectivity index (χ3n) is 5.23. The third-order valence-corrected chi connectivity index (χ3v) is 5.23. The van der Waals surface area contributed by atoms with Crippen LogP contribution in [0, 0.1) is 23.2 Å². The monoisotopic (exact) mass is 296 g/mol. The van der Waals surface area contributed by atoms with E-state index < -0.39 is 5.41 Å². The number of nitrogens with two attached hydrogens (primary N) is 1. The molecule has 120 valence electrons. The van der Waals surface area contributed by atoms with Crippen molar-refractivity contribution in [2.75, 3.05) is 13.7 Å². The summed E-state index contributed by atoms with van der Waals surface area (Å²) >= 11 is 0. The van der Waals surface area contributed by atoms with Crippen molar-refractivity contribution in [3.05, 3.63) is 0 Å². The molecule has 2 rings (SSSR count). The van der Waals surface area contributed by atoms with Crippen molar-refractivity contribution in [3.63, 3.8) is 0 Å². The van der Waals surface area contributed by atoms with Crippen LogP contribution < -0.4 is 11.1 Å². The number of carbonyl (C=O) groups is 2. The van der Waals surface area contributed by atoms with Crippen LogP contribution in [0.5, 0.6) is 0 Å². The number of methoxy groups -OCH3 is 1. The molecule has 0 radical (unpaired) electrons. The van der Waals surface area contributed by atoms with Gasteiger partial charge in [-0.2, -0.15) is 0 Å². The average Bonchev–Trinajstić information content (AvgIpc) is 2.43. The van der Waals surface area contributed by atoms with E-state index in [0.29, 0.717) is 18.4 Å². The van der Waals surface area contributed by atoms with Gasteiger partial charge in [-0.25, -0.2) is 0 Å². The molecule has 2 fully saturated rings. The molecule has 2 saturated carbocycles. The van der Waals surface area contributed by atoms with E-state index in [0.717, 1.165) is 25.7 Å². The number of esters is 1. The molecular formula is C16H28N2O3. The molecular weight excluding hydrogens is 268 g/mol. The Balaban J connectivity index is 1.88. The molecule has 2 aliphatic rings. The summed E-state index contributed by atoms with van der Waals surface area (Å²) in [6, 6.07) is 0.273. The predicted octanol–water partition coefficient (Wildman–Crippen LogP) is 1.46. The van der Waals surface area contributed by atoms with Crippen LogP contribution in [-0.2, 0) is 14.3 Å². The highest BCUT2D eigenvalue weighted by molar-refractivity contribution is 5.81. The zero-order valence-corrected chi connectivity index (χ0v) is 13.4. The lowest BCUT2D eigenvalue weighted by atomic mass is 9.65. The van der Waals surface area contributed by atoms with Crippen molar-refractivity contribution >= 4 is 11.9 Å². The zero-order chi connectivity index (χ0) is 15.6. The topological polar surface area (TPSA) is 81.4 Å². The largest absolute Gasteiger partial charge is 0.469 e. The Morgan fingerprint density at radius 1 is 1.24 bits per heavy atom. The van der Waals surface area contributed by atoms with Crippen LogP contribution in [0.3, 0.4) is 0 Å². The maximum Gasteiger partial charge on any atom is 0.313 e. The lowest BCUT2D eigenvalue weighted by Crippen LogP contribution is -2.50. The quantitative estimate of drug-likeness (QED) is 0.769. The van der Waals surface area contributed by atoms with Crippen molar-refractivity contribution in [1.29, 1.82) is 0 Å². The molecule has 2 unspecified atom stereocenters. The van der Waals surface area contributed by atoms with Gasteiger partial charge in [0.15, 0.2) is 0 Å². The molecule has 5 heteroatoms. The van der Waals surface area contributed by atoms with Gasteiger partial charge in [0, 0.05) is 18.5 Å². The number of nitrogens with one attached hydrogen (secondary N) is 1. The van der Waals surface area contributed by atoms with Crippen molar-refractivity contribution in [2.24, 2.45) is 28.9 Å². The number of carbonyl (C=O) groups excluding carboxylic acids is 2. The van der Waals surface area contributed by atoms with Gasteiger partial charge in [-0.1, -0.05) is 6.42 Å². The van der Waals surface area contributed by atoms with Crippen LogP contribution in [0.1, 0.15) is 46.0 Å². The van der Waals surface area contributed by atoms with Gasteiger partial charge in [0.25, 0.3) is 0 Å². The van der Waals surface area contributed by atoms with Crippen molar-refractivity contribution in [3.8, 4) is 0 Å². The van der Waals surface area contributed by atoms with Gasteiger partial charge in [0.05, 0.1) is 12.5 Å². The minimum Gasteiger partial charge on any atom is -0.469 e. The van der Waals surface area contributed by atoms with Gasteiger partial charge in [-0.3, -0.25) is 9.59 Å². The lowest BCUT2D eigenvalue weighted by Gasteiger charge is -2.43. The number of hydrogen-bond acceptors (Lipinski definition) is 4. The predicted molar refractivity (Wildman–Crippen MR) is 80.3 cm³/mol. The highest BCUT2D eigenvalue weighted by Crippen LogP contribution is 2.41. The average molecular weight is 296 g/mol. The first-order valence-corrected chi connectivity index (χ1v) is 7.97. The summed E-state index contributed by atoms with van der Waals surface area (Å²) in [5, 5.41) is 2.93. The molecule has 3 N–H and O–H groups in total. The van der Waals surface area contributed by atoms with Gasteiger partial charge < -0.3 is 15.8 Å². The van der Waals surface area contributed by atoms with E-state index in [1.54, 1.807) is 13.8 Å². The summed E-state index contributed by atoms with van der Waals surface area (Å²) in [6.07, 6.45) is 5.32. The molecule has 0 spiro atoms. The smallest absolute Gasteiger partial charge is 0.313 e. The van der Waals surface area contributed by atoms with E-state index in [9.17, 15) is 9.59 Å². The summed E-state index contributed by atoms with van der Waals surface area (Å²) in [5.74, 6) is 0.790. The minimum atomic E-state index is -0.689. The summed E-state index contributed by atoms with van der Waals surface area (Å²) in [7, 11) is 1.37. The number of fused-ring (bicyclic) bond motifs is 2. The molecule has 2 atom stereocenters.